The molecule has 2 atom stereocenters. The van der Waals surface area contributed by atoms with Gasteiger partial charge < -0.3 is 20.3 Å². The van der Waals surface area contributed by atoms with E-state index >= 15 is 0 Å². The summed E-state index contributed by atoms with van der Waals surface area (Å²) in [6.07, 6.45) is 6.89. The van der Waals surface area contributed by atoms with Crippen LogP contribution in [0.3, 0.4) is 0 Å². The summed E-state index contributed by atoms with van der Waals surface area (Å²) in [5.74, 6) is 1.84. The number of aryl methyl sites for hydroxylation is 1. The van der Waals surface area contributed by atoms with E-state index in [1.807, 2.05) is 6.92 Å². The highest BCUT2D eigenvalue weighted by Crippen LogP contribution is 2.35. The fourth-order valence-corrected chi connectivity index (χ4v) is 3.59. The second-order valence-corrected chi connectivity index (χ2v) is 7.09. The summed E-state index contributed by atoms with van der Waals surface area (Å²) < 4.78 is 2.11. The van der Waals surface area contributed by atoms with E-state index in [-0.39, 0.29) is 17.6 Å². The summed E-state index contributed by atoms with van der Waals surface area (Å²) in [5.41, 5.74) is -0.219. The molecule has 1 fully saturated rings. The van der Waals surface area contributed by atoms with Gasteiger partial charge >= 0.3 is 6.03 Å². The lowest BCUT2D eigenvalue weighted by atomic mass is 9.73. The van der Waals surface area contributed by atoms with E-state index in [9.17, 15) is 9.90 Å². The van der Waals surface area contributed by atoms with Crippen LogP contribution in [0, 0.1) is 5.41 Å². The molecular formula is C16H27N5O2. The second-order valence-electron chi connectivity index (χ2n) is 7.09. The zero-order chi connectivity index (χ0) is 16.3. The van der Waals surface area contributed by atoms with Crippen LogP contribution in [0.1, 0.15) is 57.1 Å². The van der Waals surface area contributed by atoms with Crippen molar-refractivity contribution in [1.82, 2.24) is 25.4 Å². The van der Waals surface area contributed by atoms with Crippen molar-refractivity contribution in [2.24, 2.45) is 5.41 Å². The number of fused-ring (bicyclic) bond motifs is 1. The minimum atomic E-state index is -0.333. The highest BCUT2D eigenvalue weighted by atomic mass is 16.3. The van der Waals surface area contributed by atoms with Crippen LogP contribution in [0.2, 0.25) is 0 Å². The first kappa shape index (κ1) is 16.2. The number of urea groups is 1. The molecule has 7 heteroatoms. The largest absolute Gasteiger partial charge is 0.392 e. The van der Waals surface area contributed by atoms with Gasteiger partial charge in [0.05, 0.1) is 12.6 Å². The lowest BCUT2D eigenvalue weighted by Crippen LogP contribution is -2.47. The molecule has 2 unspecified atom stereocenters. The number of aliphatic hydroxyl groups is 1. The van der Waals surface area contributed by atoms with Gasteiger partial charge in [0.15, 0.2) is 5.82 Å². The fraction of sp³-hybridized carbons (Fsp3) is 0.812. The number of hydrogen-bond donors (Lipinski definition) is 3. The predicted molar refractivity (Wildman–Crippen MR) is 85.8 cm³/mol. The third-order valence-corrected chi connectivity index (χ3v) is 5.28. The monoisotopic (exact) mass is 321 g/mol. The van der Waals surface area contributed by atoms with Crippen molar-refractivity contribution in [3.05, 3.63) is 11.6 Å². The van der Waals surface area contributed by atoms with Crippen LogP contribution < -0.4 is 10.6 Å². The van der Waals surface area contributed by atoms with E-state index in [2.05, 4.69) is 25.4 Å². The number of amides is 2. The standard InChI is InChI=1S/C16H27N5O2/c1-16(8-4-2-6-12(16)22)11-18-15(23)17-10-14-20-19-13-7-3-5-9-21(13)14/h12,22H,2-11H2,1H3,(H2,17,18,23). The molecule has 2 heterocycles. The molecule has 0 radical (unpaired) electrons. The Balaban J connectivity index is 1.47. The van der Waals surface area contributed by atoms with Crippen LogP contribution in [0.5, 0.6) is 0 Å². The molecule has 7 nitrogen and oxygen atoms in total. The third kappa shape index (κ3) is 3.65. The SMILES string of the molecule is CC1(CNC(=O)NCc2nnc3n2CCCC3)CCCCC1O. The number of rotatable bonds is 4. The average molecular weight is 321 g/mol. The van der Waals surface area contributed by atoms with Gasteiger partial charge in [0, 0.05) is 24.9 Å². The molecule has 0 bridgehead atoms. The minimum absolute atomic E-state index is 0.211. The van der Waals surface area contributed by atoms with E-state index in [4.69, 9.17) is 0 Å². The van der Waals surface area contributed by atoms with Gasteiger partial charge in [-0.15, -0.1) is 10.2 Å². The third-order valence-electron chi connectivity index (χ3n) is 5.28. The maximum atomic E-state index is 12.0. The Morgan fingerprint density at radius 2 is 2.17 bits per heavy atom. The minimum Gasteiger partial charge on any atom is -0.392 e. The smallest absolute Gasteiger partial charge is 0.315 e. The molecular weight excluding hydrogens is 294 g/mol. The van der Waals surface area contributed by atoms with Crippen LogP contribution in [-0.4, -0.2) is 38.6 Å². The summed E-state index contributed by atoms with van der Waals surface area (Å²) in [6.45, 7) is 3.87. The first-order chi connectivity index (χ1) is 11.1. The van der Waals surface area contributed by atoms with Crippen molar-refractivity contribution in [1.29, 1.82) is 0 Å². The Hall–Kier alpha value is -1.63. The first-order valence-corrected chi connectivity index (χ1v) is 8.69. The molecule has 23 heavy (non-hydrogen) atoms. The number of carbonyl (C=O) groups is 1. The molecule has 2 amide bonds. The van der Waals surface area contributed by atoms with Crippen LogP contribution >= 0.6 is 0 Å². The Labute approximate surface area is 136 Å². The second kappa shape index (κ2) is 6.86. The Bertz CT molecular complexity index is 559. The van der Waals surface area contributed by atoms with E-state index in [0.29, 0.717) is 13.1 Å². The maximum Gasteiger partial charge on any atom is 0.315 e. The number of aromatic nitrogens is 3. The number of carbonyl (C=O) groups excluding carboxylic acids is 1. The van der Waals surface area contributed by atoms with Crippen LogP contribution in [-0.2, 0) is 19.5 Å². The molecule has 1 aromatic rings. The number of aliphatic hydroxyl groups excluding tert-OH is 1. The molecule has 0 spiro atoms. The van der Waals surface area contributed by atoms with E-state index in [0.717, 1.165) is 63.1 Å². The predicted octanol–water partition coefficient (Wildman–Crippen LogP) is 1.35. The first-order valence-electron chi connectivity index (χ1n) is 8.69. The van der Waals surface area contributed by atoms with Gasteiger partial charge in [0.25, 0.3) is 0 Å². The van der Waals surface area contributed by atoms with Crippen LogP contribution in [0.15, 0.2) is 0 Å². The van der Waals surface area contributed by atoms with Gasteiger partial charge in [-0.05, 0) is 25.7 Å². The van der Waals surface area contributed by atoms with Crippen molar-refractivity contribution < 1.29 is 9.90 Å². The summed E-state index contributed by atoms with van der Waals surface area (Å²) in [7, 11) is 0. The Kier molecular flexibility index (Phi) is 4.84. The van der Waals surface area contributed by atoms with Gasteiger partial charge in [-0.25, -0.2) is 4.79 Å². The summed E-state index contributed by atoms with van der Waals surface area (Å²) in [4.78, 5) is 12.0. The topological polar surface area (TPSA) is 92.1 Å². The molecule has 0 aromatic carbocycles. The van der Waals surface area contributed by atoms with Gasteiger partial charge in [-0.1, -0.05) is 19.8 Å². The van der Waals surface area contributed by atoms with Crippen LogP contribution in [0.4, 0.5) is 4.79 Å². The molecule has 1 aromatic heterocycles. The van der Waals surface area contributed by atoms with Crippen LogP contribution in [0.25, 0.3) is 0 Å². The Morgan fingerprint density at radius 3 is 3.00 bits per heavy atom. The molecule has 128 valence electrons. The lowest BCUT2D eigenvalue weighted by Gasteiger charge is -2.38. The highest BCUT2D eigenvalue weighted by molar-refractivity contribution is 5.73. The highest BCUT2D eigenvalue weighted by Gasteiger charge is 2.35. The molecule has 3 rings (SSSR count). The average Bonchev–Trinajstić information content (AvgIpc) is 2.97. The molecule has 0 saturated heterocycles. The van der Waals surface area contributed by atoms with Crippen molar-refractivity contribution in [3.63, 3.8) is 0 Å². The zero-order valence-electron chi connectivity index (χ0n) is 13.8. The Morgan fingerprint density at radius 1 is 1.30 bits per heavy atom. The van der Waals surface area contributed by atoms with Crippen molar-refractivity contribution in [2.75, 3.05) is 6.54 Å². The van der Waals surface area contributed by atoms with E-state index in [1.165, 1.54) is 0 Å². The lowest BCUT2D eigenvalue weighted by molar-refractivity contribution is 0.00308. The molecule has 2 aliphatic rings. The summed E-state index contributed by atoms with van der Waals surface area (Å²) >= 11 is 0. The number of nitrogens with zero attached hydrogens (tertiary/aromatic N) is 3. The fourth-order valence-electron chi connectivity index (χ4n) is 3.59. The van der Waals surface area contributed by atoms with Crippen molar-refractivity contribution in [3.8, 4) is 0 Å². The van der Waals surface area contributed by atoms with Gasteiger partial charge in [0.2, 0.25) is 0 Å². The molecule has 1 aliphatic carbocycles. The molecule has 1 aliphatic heterocycles. The van der Waals surface area contributed by atoms with Gasteiger partial charge in [-0.2, -0.15) is 0 Å². The normalized spacial score (nSPS) is 27.3. The van der Waals surface area contributed by atoms with E-state index in [1.54, 1.807) is 0 Å². The van der Waals surface area contributed by atoms with Crippen molar-refractivity contribution >= 4 is 6.03 Å². The van der Waals surface area contributed by atoms with Gasteiger partial charge in [-0.3, -0.25) is 0 Å². The summed E-state index contributed by atoms with van der Waals surface area (Å²) in [6, 6.07) is -0.211. The quantitative estimate of drug-likeness (QED) is 0.780. The number of nitrogens with one attached hydrogen (secondary N) is 2. The molecule has 1 saturated carbocycles. The summed E-state index contributed by atoms with van der Waals surface area (Å²) in [5, 5.41) is 24.3. The maximum absolute atomic E-state index is 12.0. The van der Waals surface area contributed by atoms with Crippen molar-refractivity contribution in [2.45, 2.75) is 71.1 Å². The zero-order valence-corrected chi connectivity index (χ0v) is 13.8. The molecule has 3 N–H and O–H groups in total. The number of hydrogen-bond acceptors (Lipinski definition) is 4. The van der Waals surface area contributed by atoms with Gasteiger partial charge in [0.1, 0.15) is 5.82 Å². The van der Waals surface area contributed by atoms with E-state index < -0.39 is 0 Å².